The summed E-state index contributed by atoms with van der Waals surface area (Å²) in [7, 11) is 1.63. The van der Waals surface area contributed by atoms with Gasteiger partial charge in [0, 0.05) is 23.7 Å². The molecule has 0 spiro atoms. The van der Waals surface area contributed by atoms with Gasteiger partial charge in [0.05, 0.1) is 7.11 Å². The molecule has 0 bridgehead atoms. The summed E-state index contributed by atoms with van der Waals surface area (Å²) in [4.78, 5) is 12.8. The fraction of sp³-hybridized carbons (Fsp3) is 0.179. The molecule has 162 valence electrons. The molecule has 1 amide bonds. The third-order valence-corrected chi connectivity index (χ3v) is 5.62. The van der Waals surface area contributed by atoms with Crippen molar-refractivity contribution in [2.75, 3.05) is 12.4 Å². The number of furan rings is 1. The van der Waals surface area contributed by atoms with Crippen molar-refractivity contribution in [1.82, 2.24) is 0 Å². The highest BCUT2D eigenvalue weighted by molar-refractivity contribution is 6.02. The van der Waals surface area contributed by atoms with Crippen molar-refractivity contribution >= 4 is 11.6 Å². The number of carbonyl (C=O) groups excluding carboxylic acids is 1. The van der Waals surface area contributed by atoms with Crippen LogP contribution in [0, 0.1) is 20.8 Å². The average molecular weight is 426 g/mol. The number of rotatable bonds is 6. The van der Waals surface area contributed by atoms with Crippen LogP contribution in [0.15, 0.2) is 77.2 Å². The lowest BCUT2D eigenvalue weighted by Crippen LogP contribution is -2.11. The van der Waals surface area contributed by atoms with Gasteiger partial charge in [-0.15, -0.1) is 0 Å². The maximum absolute atomic E-state index is 12.8. The molecule has 0 saturated carbocycles. The second kappa shape index (κ2) is 9.15. The van der Waals surface area contributed by atoms with Gasteiger partial charge in [0.2, 0.25) is 0 Å². The van der Waals surface area contributed by atoms with Crippen LogP contribution in [0.3, 0.4) is 0 Å². The highest BCUT2D eigenvalue weighted by atomic mass is 16.5. The van der Waals surface area contributed by atoms with Crippen LogP contribution < -0.4 is 10.1 Å². The molecule has 0 radical (unpaired) electrons. The Morgan fingerprint density at radius 1 is 0.906 bits per heavy atom. The number of methoxy groups -OCH3 is 1. The predicted molar refractivity (Wildman–Crippen MR) is 129 cm³/mol. The van der Waals surface area contributed by atoms with Crippen molar-refractivity contribution in [3.05, 3.63) is 107 Å². The molecule has 0 atom stereocenters. The maximum atomic E-state index is 12.8. The second-order valence-corrected chi connectivity index (χ2v) is 8.06. The zero-order chi connectivity index (χ0) is 22.7. The Kier molecular flexibility index (Phi) is 6.13. The molecule has 0 aliphatic rings. The first kappa shape index (κ1) is 21.4. The summed E-state index contributed by atoms with van der Waals surface area (Å²) in [6.07, 6.45) is 0.658. The van der Waals surface area contributed by atoms with Crippen LogP contribution in [0.4, 0.5) is 5.69 Å². The van der Waals surface area contributed by atoms with Gasteiger partial charge in [0.15, 0.2) is 5.76 Å². The molecular weight excluding hydrogens is 398 g/mol. The number of benzene rings is 3. The van der Waals surface area contributed by atoms with Crippen LogP contribution in [0.5, 0.6) is 5.75 Å². The van der Waals surface area contributed by atoms with Gasteiger partial charge < -0.3 is 14.5 Å². The standard InChI is InChI=1S/C28H27NO3/c1-18-14-19(2)25(20(3)15-18)17-23-11-13-26(32-23)28(30)29-22-10-12-24(27(16-22)31-4)21-8-6-5-7-9-21/h5-16H,17H2,1-4H3,(H,29,30). The predicted octanol–water partition coefficient (Wildman–Crippen LogP) is 6.72. The minimum absolute atomic E-state index is 0.286. The average Bonchev–Trinajstić information content (AvgIpc) is 3.25. The molecule has 4 heteroatoms. The van der Waals surface area contributed by atoms with Gasteiger partial charge in [0.25, 0.3) is 5.91 Å². The zero-order valence-electron chi connectivity index (χ0n) is 18.9. The van der Waals surface area contributed by atoms with Crippen molar-refractivity contribution in [3.8, 4) is 16.9 Å². The molecule has 0 unspecified atom stereocenters. The Hall–Kier alpha value is -3.79. The third-order valence-electron chi connectivity index (χ3n) is 5.62. The summed E-state index contributed by atoms with van der Waals surface area (Å²) in [5, 5.41) is 2.91. The summed E-state index contributed by atoms with van der Waals surface area (Å²) in [5.41, 5.74) is 7.62. The first-order chi connectivity index (χ1) is 15.4. The largest absolute Gasteiger partial charge is 0.496 e. The molecule has 0 saturated heterocycles. The molecule has 1 aromatic heterocycles. The number of hydrogen-bond acceptors (Lipinski definition) is 3. The van der Waals surface area contributed by atoms with E-state index < -0.39 is 0 Å². The van der Waals surface area contributed by atoms with E-state index in [1.54, 1.807) is 13.2 Å². The molecule has 3 aromatic carbocycles. The number of aryl methyl sites for hydroxylation is 3. The second-order valence-electron chi connectivity index (χ2n) is 8.06. The molecule has 4 rings (SSSR count). The van der Waals surface area contributed by atoms with Crippen LogP contribution in [0.2, 0.25) is 0 Å². The first-order valence-electron chi connectivity index (χ1n) is 10.6. The number of carbonyl (C=O) groups is 1. The number of nitrogens with one attached hydrogen (secondary N) is 1. The Balaban J connectivity index is 1.50. The van der Waals surface area contributed by atoms with E-state index in [1.807, 2.05) is 54.6 Å². The highest BCUT2D eigenvalue weighted by Crippen LogP contribution is 2.32. The monoisotopic (exact) mass is 425 g/mol. The summed E-state index contributed by atoms with van der Waals surface area (Å²) in [6, 6.07) is 23.6. The molecule has 4 nitrogen and oxygen atoms in total. The Labute approximate surface area is 188 Å². The van der Waals surface area contributed by atoms with E-state index >= 15 is 0 Å². The topological polar surface area (TPSA) is 51.5 Å². The van der Waals surface area contributed by atoms with Crippen LogP contribution >= 0.6 is 0 Å². The zero-order valence-corrected chi connectivity index (χ0v) is 18.9. The third kappa shape index (κ3) is 4.59. The minimum atomic E-state index is -0.289. The van der Waals surface area contributed by atoms with Crippen molar-refractivity contribution in [1.29, 1.82) is 0 Å². The first-order valence-corrected chi connectivity index (χ1v) is 10.6. The molecule has 1 N–H and O–H groups in total. The molecule has 0 aliphatic carbocycles. The van der Waals surface area contributed by atoms with E-state index in [9.17, 15) is 4.79 Å². The molecule has 0 aliphatic heterocycles. The van der Waals surface area contributed by atoms with Gasteiger partial charge in [-0.05, 0) is 67.3 Å². The van der Waals surface area contributed by atoms with Gasteiger partial charge in [-0.1, -0.05) is 48.0 Å². The molecule has 0 fully saturated rings. The lowest BCUT2D eigenvalue weighted by Gasteiger charge is -2.11. The summed E-state index contributed by atoms with van der Waals surface area (Å²) in [6.45, 7) is 6.32. The molecule has 4 aromatic rings. The number of amides is 1. The van der Waals surface area contributed by atoms with Crippen molar-refractivity contribution < 1.29 is 13.9 Å². The van der Waals surface area contributed by atoms with Crippen molar-refractivity contribution in [3.63, 3.8) is 0 Å². The van der Waals surface area contributed by atoms with Crippen LogP contribution in [0.1, 0.15) is 38.6 Å². The lowest BCUT2D eigenvalue weighted by atomic mass is 9.97. The molecule has 32 heavy (non-hydrogen) atoms. The van der Waals surface area contributed by atoms with Gasteiger partial charge in [-0.3, -0.25) is 4.79 Å². The fourth-order valence-electron chi connectivity index (χ4n) is 4.08. The normalized spacial score (nSPS) is 10.8. The van der Waals surface area contributed by atoms with Crippen molar-refractivity contribution in [2.45, 2.75) is 27.2 Å². The lowest BCUT2D eigenvalue weighted by molar-refractivity contribution is 0.0995. The van der Waals surface area contributed by atoms with E-state index in [1.165, 1.54) is 22.3 Å². The Morgan fingerprint density at radius 2 is 1.62 bits per heavy atom. The van der Waals surface area contributed by atoms with Crippen LogP contribution in [0.25, 0.3) is 11.1 Å². The highest BCUT2D eigenvalue weighted by Gasteiger charge is 2.15. The van der Waals surface area contributed by atoms with E-state index in [0.717, 1.165) is 16.9 Å². The van der Waals surface area contributed by atoms with Crippen molar-refractivity contribution in [2.24, 2.45) is 0 Å². The summed E-state index contributed by atoms with van der Waals surface area (Å²) in [5.74, 6) is 1.46. The number of anilines is 1. The number of ether oxygens (including phenoxy) is 1. The van der Waals surface area contributed by atoms with E-state index in [4.69, 9.17) is 9.15 Å². The van der Waals surface area contributed by atoms with Gasteiger partial charge in [-0.25, -0.2) is 0 Å². The smallest absolute Gasteiger partial charge is 0.291 e. The number of hydrogen-bond donors (Lipinski definition) is 1. The molecular formula is C28H27NO3. The minimum Gasteiger partial charge on any atom is -0.496 e. The van der Waals surface area contributed by atoms with E-state index in [2.05, 4.69) is 38.2 Å². The quantitative estimate of drug-likeness (QED) is 0.373. The van der Waals surface area contributed by atoms with Gasteiger partial charge in [-0.2, -0.15) is 0 Å². The van der Waals surface area contributed by atoms with Crippen LogP contribution in [-0.2, 0) is 6.42 Å². The van der Waals surface area contributed by atoms with E-state index in [-0.39, 0.29) is 11.7 Å². The fourth-order valence-corrected chi connectivity index (χ4v) is 4.08. The Morgan fingerprint density at radius 3 is 2.31 bits per heavy atom. The van der Waals surface area contributed by atoms with Gasteiger partial charge >= 0.3 is 0 Å². The SMILES string of the molecule is COc1cc(NC(=O)c2ccc(Cc3c(C)cc(C)cc3C)o2)ccc1-c1ccccc1. The Bertz CT molecular complexity index is 1230. The maximum Gasteiger partial charge on any atom is 0.291 e. The summed E-state index contributed by atoms with van der Waals surface area (Å²) >= 11 is 0. The van der Waals surface area contributed by atoms with Crippen LogP contribution in [-0.4, -0.2) is 13.0 Å². The van der Waals surface area contributed by atoms with Gasteiger partial charge in [0.1, 0.15) is 11.5 Å². The van der Waals surface area contributed by atoms with E-state index in [0.29, 0.717) is 17.9 Å². The molecule has 1 heterocycles. The summed E-state index contributed by atoms with van der Waals surface area (Å²) < 4.78 is 11.4.